The zero-order chi connectivity index (χ0) is 6.10. The first-order valence-corrected chi connectivity index (χ1v) is 3.48. The number of rotatable bonds is 0. The normalized spacial score (nSPS) is 17.3. The van der Waals surface area contributed by atoms with Crippen molar-refractivity contribution in [3.05, 3.63) is 17.5 Å². The van der Waals surface area contributed by atoms with Crippen LogP contribution in [0.1, 0.15) is 24.1 Å². The van der Waals surface area contributed by atoms with E-state index in [0.717, 1.165) is 0 Å². The third-order valence-corrected chi connectivity index (χ3v) is 1.92. The average molecular weight is 122 g/mol. The largest absolute Gasteiger partial charge is 0.285 e. The van der Waals surface area contributed by atoms with Gasteiger partial charge in [-0.05, 0) is 31.2 Å². The molecule has 48 valence electrons. The summed E-state index contributed by atoms with van der Waals surface area (Å²) in [6.45, 7) is 0. The number of nitrogens with zero attached hydrogens (tertiary/aromatic N) is 1. The number of fused-ring (bicyclic) bond motifs is 1. The highest BCUT2D eigenvalue weighted by Gasteiger charge is 2.09. The van der Waals surface area contributed by atoms with Gasteiger partial charge < -0.3 is 0 Å². The lowest BCUT2D eigenvalue weighted by atomic mass is 9.99. The SMILES string of the molecule is c1[nH]nc2c1CCCC2. The molecule has 0 atom stereocenters. The number of nitrogens with one attached hydrogen (secondary N) is 1. The molecule has 1 N–H and O–H groups in total. The van der Waals surface area contributed by atoms with Gasteiger partial charge in [0.1, 0.15) is 0 Å². The number of H-pyrrole nitrogens is 1. The Labute approximate surface area is 54.3 Å². The van der Waals surface area contributed by atoms with Crippen LogP contribution < -0.4 is 0 Å². The fourth-order valence-corrected chi connectivity index (χ4v) is 1.38. The fourth-order valence-electron chi connectivity index (χ4n) is 1.38. The highest BCUT2D eigenvalue weighted by molar-refractivity contribution is 5.18. The molecule has 1 aliphatic carbocycles. The van der Waals surface area contributed by atoms with Crippen LogP contribution in [0.3, 0.4) is 0 Å². The Morgan fingerprint density at radius 3 is 3.11 bits per heavy atom. The quantitative estimate of drug-likeness (QED) is 0.552. The smallest absolute Gasteiger partial charge is 0.0654 e. The van der Waals surface area contributed by atoms with Crippen molar-refractivity contribution in [1.29, 1.82) is 0 Å². The minimum Gasteiger partial charge on any atom is -0.285 e. The molecule has 0 amide bonds. The van der Waals surface area contributed by atoms with E-state index >= 15 is 0 Å². The van der Waals surface area contributed by atoms with E-state index in [1.54, 1.807) is 0 Å². The Balaban J connectivity index is 2.39. The lowest BCUT2D eigenvalue weighted by molar-refractivity contribution is 0.675. The van der Waals surface area contributed by atoms with Gasteiger partial charge in [0.2, 0.25) is 0 Å². The van der Waals surface area contributed by atoms with Crippen molar-refractivity contribution in [2.45, 2.75) is 25.7 Å². The Hall–Kier alpha value is -0.790. The predicted octanol–water partition coefficient (Wildman–Crippen LogP) is 1.29. The van der Waals surface area contributed by atoms with E-state index in [4.69, 9.17) is 0 Å². The average Bonchev–Trinajstić information content (AvgIpc) is 2.33. The molecule has 0 unspecified atom stereocenters. The van der Waals surface area contributed by atoms with Crippen LogP contribution in [0.4, 0.5) is 0 Å². The van der Waals surface area contributed by atoms with Crippen LogP contribution in [-0.2, 0) is 12.8 Å². The summed E-state index contributed by atoms with van der Waals surface area (Å²) in [4.78, 5) is 0. The third kappa shape index (κ3) is 0.745. The number of aryl methyl sites for hydroxylation is 2. The summed E-state index contributed by atoms with van der Waals surface area (Å²) in [6.07, 6.45) is 7.09. The molecule has 2 heteroatoms. The lowest BCUT2D eigenvalue weighted by Crippen LogP contribution is -1.99. The molecule has 9 heavy (non-hydrogen) atoms. The second-order valence-corrected chi connectivity index (χ2v) is 2.56. The molecule has 0 aliphatic heterocycles. The van der Waals surface area contributed by atoms with Crippen molar-refractivity contribution in [3.63, 3.8) is 0 Å². The highest BCUT2D eigenvalue weighted by atomic mass is 15.1. The van der Waals surface area contributed by atoms with Gasteiger partial charge in [-0.25, -0.2) is 0 Å². The fraction of sp³-hybridized carbons (Fsp3) is 0.571. The van der Waals surface area contributed by atoms with E-state index in [9.17, 15) is 0 Å². The molecule has 1 aromatic rings. The zero-order valence-corrected chi connectivity index (χ0v) is 5.35. The van der Waals surface area contributed by atoms with Crippen molar-refractivity contribution in [1.82, 2.24) is 10.2 Å². The molecule has 0 saturated heterocycles. The standard InChI is InChI=1S/C7H10N2/c1-2-4-7-6(3-1)5-8-9-7/h5H,1-4H2,(H,8,9). The number of hydrogen-bond acceptors (Lipinski definition) is 1. The summed E-state index contributed by atoms with van der Waals surface area (Å²) in [5, 5.41) is 7.02. The van der Waals surface area contributed by atoms with Gasteiger partial charge in [0.25, 0.3) is 0 Å². The van der Waals surface area contributed by atoms with Crippen molar-refractivity contribution < 1.29 is 0 Å². The summed E-state index contributed by atoms with van der Waals surface area (Å²) in [5.74, 6) is 0. The summed E-state index contributed by atoms with van der Waals surface area (Å²) in [7, 11) is 0. The van der Waals surface area contributed by atoms with Crippen LogP contribution in [0, 0.1) is 0 Å². The van der Waals surface area contributed by atoms with Gasteiger partial charge in [0, 0.05) is 6.20 Å². The Bertz CT molecular complexity index is 182. The first-order chi connectivity index (χ1) is 4.47. The van der Waals surface area contributed by atoms with Gasteiger partial charge in [0.15, 0.2) is 0 Å². The third-order valence-electron chi connectivity index (χ3n) is 1.92. The topological polar surface area (TPSA) is 28.7 Å². The van der Waals surface area contributed by atoms with Crippen LogP contribution in [0.15, 0.2) is 6.20 Å². The Kier molecular flexibility index (Phi) is 1.04. The van der Waals surface area contributed by atoms with Crippen molar-refractivity contribution in [3.8, 4) is 0 Å². The first-order valence-electron chi connectivity index (χ1n) is 3.48. The van der Waals surface area contributed by atoms with E-state index in [2.05, 4.69) is 10.2 Å². The minimum atomic E-state index is 1.18. The van der Waals surface area contributed by atoms with Crippen molar-refractivity contribution in [2.24, 2.45) is 0 Å². The summed E-state index contributed by atoms with van der Waals surface area (Å²) >= 11 is 0. The second kappa shape index (κ2) is 1.87. The Morgan fingerprint density at radius 1 is 1.33 bits per heavy atom. The van der Waals surface area contributed by atoms with E-state index in [0.29, 0.717) is 0 Å². The van der Waals surface area contributed by atoms with E-state index < -0.39 is 0 Å². The Morgan fingerprint density at radius 2 is 2.22 bits per heavy atom. The van der Waals surface area contributed by atoms with Crippen LogP contribution >= 0.6 is 0 Å². The molecule has 2 nitrogen and oxygen atoms in total. The van der Waals surface area contributed by atoms with Gasteiger partial charge in [-0.2, -0.15) is 5.10 Å². The maximum Gasteiger partial charge on any atom is 0.0654 e. The van der Waals surface area contributed by atoms with Gasteiger partial charge >= 0.3 is 0 Å². The molecule has 0 saturated carbocycles. The van der Waals surface area contributed by atoms with E-state index in [1.807, 2.05) is 6.20 Å². The first kappa shape index (κ1) is 5.03. The lowest BCUT2D eigenvalue weighted by Gasteiger charge is -2.06. The van der Waals surface area contributed by atoms with E-state index in [1.165, 1.54) is 36.9 Å². The molecular weight excluding hydrogens is 112 g/mol. The van der Waals surface area contributed by atoms with Gasteiger partial charge in [-0.1, -0.05) is 0 Å². The molecule has 1 heterocycles. The maximum atomic E-state index is 4.13. The van der Waals surface area contributed by atoms with Crippen LogP contribution in [0.25, 0.3) is 0 Å². The molecule has 0 radical (unpaired) electrons. The number of aromatic nitrogens is 2. The molecule has 0 spiro atoms. The molecule has 1 aromatic heterocycles. The van der Waals surface area contributed by atoms with Crippen molar-refractivity contribution in [2.75, 3.05) is 0 Å². The van der Waals surface area contributed by atoms with Crippen LogP contribution in [-0.4, -0.2) is 10.2 Å². The molecule has 1 aliphatic rings. The van der Waals surface area contributed by atoms with E-state index in [-0.39, 0.29) is 0 Å². The maximum absolute atomic E-state index is 4.13. The summed E-state index contributed by atoms with van der Waals surface area (Å²) in [6, 6.07) is 0. The zero-order valence-electron chi connectivity index (χ0n) is 5.35. The van der Waals surface area contributed by atoms with Gasteiger partial charge in [-0.3, -0.25) is 5.10 Å². The minimum absolute atomic E-state index is 1.18. The molecular formula is C7H10N2. The monoisotopic (exact) mass is 122 g/mol. The predicted molar refractivity (Wildman–Crippen MR) is 35.2 cm³/mol. The highest BCUT2D eigenvalue weighted by Crippen LogP contribution is 2.17. The molecule has 0 bridgehead atoms. The van der Waals surface area contributed by atoms with Crippen LogP contribution in [0.5, 0.6) is 0 Å². The molecule has 2 rings (SSSR count). The van der Waals surface area contributed by atoms with Gasteiger partial charge in [0.05, 0.1) is 5.69 Å². The second-order valence-electron chi connectivity index (χ2n) is 2.56. The number of hydrogen-bond donors (Lipinski definition) is 1. The number of aromatic amines is 1. The van der Waals surface area contributed by atoms with Crippen molar-refractivity contribution >= 4 is 0 Å². The molecule has 0 aromatic carbocycles. The van der Waals surface area contributed by atoms with Gasteiger partial charge in [-0.15, -0.1) is 0 Å². The molecule has 0 fully saturated rings. The summed E-state index contributed by atoms with van der Waals surface area (Å²) < 4.78 is 0. The summed E-state index contributed by atoms with van der Waals surface area (Å²) in [5.41, 5.74) is 2.72. The van der Waals surface area contributed by atoms with Crippen LogP contribution in [0.2, 0.25) is 0 Å².